The van der Waals surface area contributed by atoms with E-state index in [1.54, 1.807) is 18.2 Å². The summed E-state index contributed by atoms with van der Waals surface area (Å²) in [5, 5.41) is 10.4. The molecule has 6 nitrogen and oxygen atoms in total. The number of benzene rings is 2. The first-order valence-electron chi connectivity index (χ1n) is 9.93. The lowest BCUT2D eigenvalue weighted by Gasteiger charge is -2.13. The number of guanidine groups is 1. The van der Waals surface area contributed by atoms with Gasteiger partial charge in [0.25, 0.3) is 5.91 Å². The summed E-state index contributed by atoms with van der Waals surface area (Å²) in [4.78, 5) is 17.3. The average molecular weight is 407 g/mol. The molecule has 0 atom stereocenters. The minimum absolute atomic E-state index is 0.264. The third-order valence-electron chi connectivity index (χ3n) is 4.64. The van der Waals surface area contributed by atoms with Crippen LogP contribution in [-0.4, -0.2) is 21.6 Å². The molecule has 0 aliphatic heterocycles. The highest BCUT2D eigenvalue weighted by molar-refractivity contribution is 6.10. The van der Waals surface area contributed by atoms with Crippen molar-refractivity contribution in [1.82, 2.24) is 15.1 Å². The number of hydrogen-bond donors (Lipinski definition) is 2. The molecule has 1 aromatic heterocycles. The number of halogens is 1. The number of amides is 1. The van der Waals surface area contributed by atoms with Gasteiger partial charge >= 0.3 is 0 Å². The number of carbonyl (C=O) groups excluding carboxylic acids is 1. The lowest BCUT2D eigenvalue weighted by Crippen LogP contribution is -2.36. The molecule has 0 spiro atoms. The topological polar surface area (TPSA) is 71.3 Å². The van der Waals surface area contributed by atoms with E-state index in [0.29, 0.717) is 17.8 Å². The third kappa shape index (κ3) is 5.53. The quantitative estimate of drug-likeness (QED) is 0.469. The molecule has 0 aliphatic carbocycles. The molecule has 3 rings (SSSR count). The first kappa shape index (κ1) is 21.2. The van der Waals surface area contributed by atoms with E-state index in [9.17, 15) is 9.18 Å². The molecule has 3 aromatic rings. The van der Waals surface area contributed by atoms with Gasteiger partial charge in [0.2, 0.25) is 5.96 Å². The van der Waals surface area contributed by atoms with Crippen LogP contribution in [0, 0.1) is 19.7 Å². The molecule has 30 heavy (non-hydrogen) atoms. The fraction of sp³-hybridized carbons (Fsp3) is 0.261. The highest BCUT2D eigenvalue weighted by Gasteiger charge is 2.12. The Kier molecular flexibility index (Phi) is 6.95. The van der Waals surface area contributed by atoms with Crippen LogP contribution < -0.4 is 10.6 Å². The number of aromatic nitrogens is 2. The van der Waals surface area contributed by atoms with Gasteiger partial charge in [-0.3, -0.25) is 14.8 Å². The van der Waals surface area contributed by atoms with Gasteiger partial charge in [-0.25, -0.2) is 9.38 Å². The normalized spacial score (nSPS) is 11.4. The molecule has 0 bridgehead atoms. The van der Waals surface area contributed by atoms with E-state index in [4.69, 9.17) is 0 Å². The second kappa shape index (κ2) is 9.82. The van der Waals surface area contributed by atoms with E-state index >= 15 is 0 Å². The third-order valence-corrected chi connectivity index (χ3v) is 4.64. The summed E-state index contributed by atoms with van der Waals surface area (Å²) in [5.74, 6) is -0.306. The number of aliphatic imine (C=N–C) groups is 1. The van der Waals surface area contributed by atoms with Crippen LogP contribution >= 0.6 is 0 Å². The van der Waals surface area contributed by atoms with E-state index in [0.717, 1.165) is 29.8 Å². The largest absolute Gasteiger partial charge is 0.326 e. The fourth-order valence-corrected chi connectivity index (χ4v) is 3.00. The Balaban J connectivity index is 1.83. The van der Waals surface area contributed by atoms with Crippen LogP contribution in [0.25, 0.3) is 0 Å². The molecular weight excluding hydrogens is 381 g/mol. The van der Waals surface area contributed by atoms with Crippen molar-refractivity contribution in [3.63, 3.8) is 0 Å². The fourth-order valence-electron chi connectivity index (χ4n) is 3.00. The van der Waals surface area contributed by atoms with Gasteiger partial charge in [0.05, 0.1) is 12.2 Å². The van der Waals surface area contributed by atoms with E-state index in [1.807, 2.05) is 42.9 Å². The summed E-state index contributed by atoms with van der Waals surface area (Å²) in [5.41, 5.74) is 3.94. The first-order chi connectivity index (χ1) is 14.5. The van der Waals surface area contributed by atoms with E-state index in [2.05, 4.69) is 27.6 Å². The predicted octanol–water partition coefficient (Wildman–Crippen LogP) is 4.45. The van der Waals surface area contributed by atoms with Crippen LogP contribution in [0.2, 0.25) is 0 Å². The maximum Gasteiger partial charge on any atom is 0.258 e. The maximum absolute atomic E-state index is 13.2. The van der Waals surface area contributed by atoms with Gasteiger partial charge in [-0.1, -0.05) is 25.1 Å². The number of carbonyl (C=O) groups is 1. The molecule has 0 saturated carbocycles. The van der Waals surface area contributed by atoms with Gasteiger partial charge in [0.15, 0.2) is 0 Å². The molecule has 1 amide bonds. The highest BCUT2D eigenvalue weighted by Crippen LogP contribution is 2.12. The van der Waals surface area contributed by atoms with Crippen LogP contribution in [0.3, 0.4) is 0 Å². The lowest BCUT2D eigenvalue weighted by atomic mass is 10.1. The van der Waals surface area contributed by atoms with Crippen molar-refractivity contribution in [2.45, 2.75) is 40.3 Å². The second-order valence-electron chi connectivity index (χ2n) is 7.07. The van der Waals surface area contributed by atoms with Gasteiger partial charge in [-0.15, -0.1) is 0 Å². The van der Waals surface area contributed by atoms with Crippen molar-refractivity contribution in [1.29, 1.82) is 0 Å². The van der Waals surface area contributed by atoms with Gasteiger partial charge in [-0.2, -0.15) is 5.10 Å². The van der Waals surface area contributed by atoms with E-state index in [-0.39, 0.29) is 17.7 Å². The van der Waals surface area contributed by atoms with Gasteiger partial charge in [0.1, 0.15) is 5.82 Å². The zero-order chi connectivity index (χ0) is 21.5. The van der Waals surface area contributed by atoms with Crippen LogP contribution in [0.15, 0.2) is 59.7 Å². The number of anilines is 1. The Morgan fingerprint density at radius 1 is 1.13 bits per heavy atom. The molecule has 0 saturated heterocycles. The second-order valence-corrected chi connectivity index (χ2v) is 7.07. The maximum atomic E-state index is 13.2. The molecule has 0 aliphatic rings. The summed E-state index contributed by atoms with van der Waals surface area (Å²) in [6.45, 7) is 7.11. The standard InChI is InChI=1S/C23H26FN5O/c1-4-13-29-15-18(17(3)28-29)14-25-23(26-20-11-9-19(24)10-12-20)27-22(30)21-8-6-5-7-16(21)2/h5-12,15H,4,13-14H2,1-3H3,(H2,25,26,27,30). The van der Waals surface area contributed by atoms with Gasteiger partial charge in [0, 0.05) is 29.6 Å². The monoisotopic (exact) mass is 407 g/mol. The summed E-state index contributed by atoms with van der Waals surface area (Å²) < 4.78 is 15.1. The number of nitrogens with zero attached hydrogens (tertiary/aromatic N) is 3. The zero-order valence-electron chi connectivity index (χ0n) is 17.4. The van der Waals surface area contributed by atoms with Crippen LogP contribution in [-0.2, 0) is 13.1 Å². The first-order valence-corrected chi connectivity index (χ1v) is 9.93. The minimum atomic E-state index is -0.332. The number of aryl methyl sites for hydroxylation is 3. The Hall–Kier alpha value is -3.48. The molecule has 2 aromatic carbocycles. The molecule has 0 unspecified atom stereocenters. The highest BCUT2D eigenvalue weighted by atomic mass is 19.1. The smallest absolute Gasteiger partial charge is 0.258 e. The van der Waals surface area contributed by atoms with Crippen molar-refractivity contribution in [3.8, 4) is 0 Å². The Bertz CT molecular complexity index is 1040. The minimum Gasteiger partial charge on any atom is -0.326 e. The molecule has 7 heteroatoms. The molecule has 1 heterocycles. The Morgan fingerprint density at radius 2 is 1.87 bits per heavy atom. The molecular formula is C23H26FN5O. The molecule has 156 valence electrons. The van der Waals surface area contributed by atoms with Crippen molar-refractivity contribution in [2.75, 3.05) is 5.32 Å². The number of rotatable bonds is 6. The van der Waals surface area contributed by atoms with Gasteiger partial charge in [-0.05, 0) is 56.2 Å². The SMILES string of the molecule is CCCn1cc(CN=C(NC(=O)c2ccccc2C)Nc2ccc(F)cc2)c(C)n1. The van der Waals surface area contributed by atoms with Gasteiger partial charge < -0.3 is 5.32 Å². The Labute approximate surface area is 175 Å². The average Bonchev–Trinajstić information content (AvgIpc) is 3.07. The van der Waals surface area contributed by atoms with Crippen molar-refractivity contribution < 1.29 is 9.18 Å². The summed E-state index contributed by atoms with van der Waals surface area (Å²) in [6.07, 6.45) is 2.97. The van der Waals surface area contributed by atoms with Crippen LogP contribution in [0.1, 0.15) is 40.5 Å². The molecule has 2 N–H and O–H groups in total. The summed E-state index contributed by atoms with van der Waals surface area (Å²) in [7, 11) is 0. The summed E-state index contributed by atoms with van der Waals surface area (Å²) in [6, 6.07) is 13.2. The van der Waals surface area contributed by atoms with E-state index in [1.165, 1.54) is 12.1 Å². The van der Waals surface area contributed by atoms with Crippen molar-refractivity contribution >= 4 is 17.6 Å². The van der Waals surface area contributed by atoms with E-state index < -0.39 is 0 Å². The predicted molar refractivity (Wildman–Crippen MR) is 117 cm³/mol. The Morgan fingerprint density at radius 3 is 2.57 bits per heavy atom. The van der Waals surface area contributed by atoms with Crippen molar-refractivity contribution in [2.24, 2.45) is 4.99 Å². The lowest BCUT2D eigenvalue weighted by molar-refractivity contribution is 0.0976. The molecule has 0 fully saturated rings. The number of nitrogens with one attached hydrogen (secondary N) is 2. The summed E-state index contributed by atoms with van der Waals surface area (Å²) >= 11 is 0. The zero-order valence-corrected chi connectivity index (χ0v) is 17.4. The van der Waals surface area contributed by atoms with Crippen molar-refractivity contribution in [3.05, 3.63) is 82.9 Å². The molecule has 0 radical (unpaired) electrons. The number of hydrogen-bond acceptors (Lipinski definition) is 3. The van der Waals surface area contributed by atoms with Crippen LogP contribution in [0.5, 0.6) is 0 Å². The van der Waals surface area contributed by atoms with Crippen LogP contribution in [0.4, 0.5) is 10.1 Å².